The number of nitrogens with zero attached hydrogens (tertiary/aromatic N) is 1. The van der Waals surface area contributed by atoms with Crippen molar-refractivity contribution in [2.45, 2.75) is 0 Å². The molecule has 0 atom stereocenters. The molecule has 0 fully saturated rings. The van der Waals surface area contributed by atoms with Gasteiger partial charge < -0.3 is 9.47 Å². The Kier molecular flexibility index (Phi) is 4.67. The molecule has 0 aliphatic rings. The molecule has 10 heteroatoms. The van der Waals surface area contributed by atoms with E-state index in [0.29, 0.717) is 24.3 Å². The highest BCUT2D eigenvalue weighted by Gasteiger charge is 2.25. The van der Waals surface area contributed by atoms with Crippen LogP contribution in [0.4, 0.5) is 23.2 Å². The minimum Gasteiger partial charge on any atom is -0.497 e. The molecule has 2 rings (SSSR count). The SMILES string of the molecule is COc1cc(F)c(C(=O)Oc2cc(F)c([N+](=O)[O-])c(F)c2)c(F)c1. The molecule has 6 nitrogen and oxygen atoms in total. The number of carbonyl (C=O) groups excluding carboxylic acids is 1. The van der Waals surface area contributed by atoms with Crippen molar-refractivity contribution in [1.29, 1.82) is 0 Å². The van der Waals surface area contributed by atoms with Crippen LogP contribution in [0.1, 0.15) is 10.4 Å². The second kappa shape index (κ2) is 6.52. The molecular weight excluding hydrogens is 338 g/mol. The third kappa shape index (κ3) is 3.26. The highest BCUT2D eigenvalue weighted by Crippen LogP contribution is 2.28. The summed E-state index contributed by atoms with van der Waals surface area (Å²) in [6, 6.07) is 2.10. The smallest absolute Gasteiger partial charge is 0.349 e. The number of methoxy groups -OCH3 is 1. The first kappa shape index (κ1) is 17.2. The Labute approximate surface area is 131 Å². The minimum absolute atomic E-state index is 0.200. The molecule has 24 heavy (non-hydrogen) atoms. The van der Waals surface area contributed by atoms with Crippen LogP contribution in [0, 0.1) is 33.4 Å². The fourth-order valence-corrected chi connectivity index (χ4v) is 1.80. The number of halogens is 4. The van der Waals surface area contributed by atoms with Gasteiger partial charge in [0.05, 0.1) is 12.0 Å². The molecule has 0 aromatic heterocycles. The van der Waals surface area contributed by atoms with Crippen molar-refractivity contribution in [3.8, 4) is 11.5 Å². The Bertz CT molecular complexity index is 794. The van der Waals surface area contributed by atoms with E-state index in [9.17, 15) is 32.5 Å². The summed E-state index contributed by atoms with van der Waals surface area (Å²) in [6.07, 6.45) is 0. The summed E-state index contributed by atoms with van der Waals surface area (Å²) in [5.74, 6) is -8.44. The molecule has 0 aliphatic carbocycles. The Morgan fingerprint density at radius 3 is 1.83 bits per heavy atom. The summed E-state index contributed by atoms with van der Waals surface area (Å²) in [7, 11) is 1.15. The third-order valence-corrected chi connectivity index (χ3v) is 2.84. The van der Waals surface area contributed by atoms with Crippen LogP contribution in [-0.4, -0.2) is 18.0 Å². The summed E-state index contributed by atoms with van der Waals surface area (Å²) in [4.78, 5) is 20.9. The van der Waals surface area contributed by atoms with Crippen LogP contribution in [0.15, 0.2) is 24.3 Å². The lowest BCUT2D eigenvalue weighted by Crippen LogP contribution is -2.14. The normalized spacial score (nSPS) is 10.4. The Morgan fingerprint density at radius 2 is 1.42 bits per heavy atom. The third-order valence-electron chi connectivity index (χ3n) is 2.84. The topological polar surface area (TPSA) is 78.7 Å². The molecule has 0 radical (unpaired) electrons. The summed E-state index contributed by atoms with van der Waals surface area (Å²) in [6.45, 7) is 0. The van der Waals surface area contributed by atoms with Crippen molar-refractivity contribution < 1.29 is 36.8 Å². The van der Waals surface area contributed by atoms with Crippen molar-refractivity contribution in [2.75, 3.05) is 7.11 Å². The zero-order valence-corrected chi connectivity index (χ0v) is 11.8. The number of ether oxygens (including phenoxy) is 2. The highest BCUT2D eigenvalue weighted by molar-refractivity contribution is 5.91. The lowest BCUT2D eigenvalue weighted by Gasteiger charge is -2.08. The predicted octanol–water partition coefficient (Wildman–Crippen LogP) is 3.38. The van der Waals surface area contributed by atoms with Gasteiger partial charge in [-0.2, -0.15) is 8.78 Å². The van der Waals surface area contributed by atoms with E-state index in [-0.39, 0.29) is 5.75 Å². The van der Waals surface area contributed by atoms with Crippen LogP contribution in [0.2, 0.25) is 0 Å². The zero-order chi connectivity index (χ0) is 18.0. The van der Waals surface area contributed by atoms with Gasteiger partial charge in [0, 0.05) is 24.3 Å². The molecule has 0 saturated heterocycles. The van der Waals surface area contributed by atoms with Gasteiger partial charge in [-0.3, -0.25) is 10.1 Å². The average molecular weight is 345 g/mol. The lowest BCUT2D eigenvalue weighted by atomic mass is 10.2. The number of hydrogen-bond donors (Lipinski definition) is 0. The molecule has 0 aliphatic heterocycles. The van der Waals surface area contributed by atoms with Crippen LogP contribution in [0.25, 0.3) is 0 Å². The minimum atomic E-state index is -1.61. The molecule has 0 N–H and O–H groups in total. The molecule has 0 spiro atoms. The standard InChI is InChI=1S/C14H7F4NO5/c1-23-6-2-8(15)12(9(16)3-6)14(20)24-7-4-10(17)13(19(21)22)11(18)5-7/h2-5H,1H3. The van der Waals surface area contributed by atoms with Crippen molar-refractivity contribution in [3.63, 3.8) is 0 Å². The largest absolute Gasteiger partial charge is 0.497 e. The van der Waals surface area contributed by atoms with E-state index in [0.717, 1.165) is 7.11 Å². The zero-order valence-electron chi connectivity index (χ0n) is 11.8. The van der Waals surface area contributed by atoms with E-state index in [1.54, 1.807) is 0 Å². The number of carbonyl (C=O) groups is 1. The first-order valence-corrected chi connectivity index (χ1v) is 6.13. The molecule has 0 bridgehead atoms. The monoisotopic (exact) mass is 345 g/mol. The van der Waals surface area contributed by atoms with E-state index in [1.807, 2.05) is 0 Å². The van der Waals surface area contributed by atoms with Gasteiger partial charge in [-0.25, -0.2) is 13.6 Å². The summed E-state index contributed by atoms with van der Waals surface area (Å²) < 4.78 is 63.4. The molecule has 0 heterocycles. The predicted molar refractivity (Wildman–Crippen MR) is 70.9 cm³/mol. The number of nitro benzene ring substituents is 1. The molecule has 0 unspecified atom stereocenters. The van der Waals surface area contributed by atoms with E-state index >= 15 is 0 Å². The Hall–Kier alpha value is -3.17. The number of rotatable bonds is 4. The number of benzene rings is 2. The molecule has 126 valence electrons. The van der Waals surface area contributed by atoms with Gasteiger partial charge >= 0.3 is 11.7 Å². The van der Waals surface area contributed by atoms with Gasteiger partial charge in [0.1, 0.15) is 28.7 Å². The molecular formula is C14H7F4NO5. The second-order valence-corrected chi connectivity index (χ2v) is 4.35. The number of esters is 1. The van der Waals surface area contributed by atoms with Gasteiger partial charge in [-0.15, -0.1) is 0 Å². The van der Waals surface area contributed by atoms with Gasteiger partial charge in [-0.1, -0.05) is 0 Å². The van der Waals surface area contributed by atoms with E-state index in [2.05, 4.69) is 9.47 Å². The first-order chi connectivity index (χ1) is 11.2. The van der Waals surface area contributed by atoms with Crippen LogP contribution in [0.5, 0.6) is 11.5 Å². The fourth-order valence-electron chi connectivity index (χ4n) is 1.80. The maximum Gasteiger partial charge on any atom is 0.349 e. The Morgan fingerprint density at radius 1 is 0.958 bits per heavy atom. The van der Waals surface area contributed by atoms with Gasteiger partial charge in [0.2, 0.25) is 11.6 Å². The van der Waals surface area contributed by atoms with Crippen LogP contribution in [-0.2, 0) is 0 Å². The van der Waals surface area contributed by atoms with Gasteiger partial charge in [0.15, 0.2) is 0 Å². The van der Waals surface area contributed by atoms with Crippen molar-refractivity contribution >= 4 is 11.7 Å². The van der Waals surface area contributed by atoms with Gasteiger partial charge in [-0.05, 0) is 0 Å². The van der Waals surface area contributed by atoms with Crippen LogP contribution < -0.4 is 9.47 Å². The lowest BCUT2D eigenvalue weighted by molar-refractivity contribution is -0.390. The second-order valence-electron chi connectivity index (χ2n) is 4.35. The van der Waals surface area contributed by atoms with Crippen molar-refractivity contribution in [2.24, 2.45) is 0 Å². The maximum absolute atomic E-state index is 13.7. The number of hydrogen-bond acceptors (Lipinski definition) is 5. The maximum atomic E-state index is 13.7. The fraction of sp³-hybridized carbons (Fsp3) is 0.0714. The average Bonchev–Trinajstić information content (AvgIpc) is 2.44. The molecule has 0 amide bonds. The Balaban J connectivity index is 2.36. The van der Waals surface area contributed by atoms with E-state index < -0.39 is 51.2 Å². The summed E-state index contributed by atoms with van der Waals surface area (Å²) in [5, 5.41) is 10.5. The molecule has 0 saturated carbocycles. The first-order valence-electron chi connectivity index (χ1n) is 6.13. The summed E-state index contributed by atoms with van der Waals surface area (Å²) >= 11 is 0. The molecule has 2 aromatic rings. The van der Waals surface area contributed by atoms with E-state index in [4.69, 9.17) is 0 Å². The van der Waals surface area contributed by atoms with Crippen molar-refractivity contribution in [3.05, 3.63) is 63.2 Å². The van der Waals surface area contributed by atoms with Crippen molar-refractivity contribution in [1.82, 2.24) is 0 Å². The molecule has 2 aromatic carbocycles. The van der Waals surface area contributed by atoms with Gasteiger partial charge in [0.25, 0.3) is 0 Å². The highest BCUT2D eigenvalue weighted by atomic mass is 19.1. The summed E-state index contributed by atoms with van der Waals surface area (Å²) in [5.41, 5.74) is -2.56. The quantitative estimate of drug-likeness (QED) is 0.279. The van der Waals surface area contributed by atoms with E-state index in [1.165, 1.54) is 0 Å². The van der Waals surface area contributed by atoms with Crippen LogP contribution in [0.3, 0.4) is 0 Å². The van der Waals surface area contributed by atoms with Crippen LogP contribution >= 0.6 is 0 Å². The number of nitro groups is 1.